The summed E-state index contributed by atoms with van der Waals surface area (Å²) in [7, 11) is 3.09. The molecular weight excluding hydrogens is 374 g/mol. The lowest BCUT2D eigenvalue weighted by atomic mass is 10.1. The molecule has 3 aromatic heterocycles. The molecule has 2 N–H and O–H groups in total. The maximum atomic E-state index is 12.8. The van der Waals surface area contributed by atoms with Crippen molar-refractivity contribution in [1.82, 2.24) is 25.1 Å². The second-order valence-electron chi connectivity index (χ2n) is 7.09. The second-order valence-corrected chi connectivity index (χ2v) is 7.09. The van der Waals surface area contributed by atoms with Gasteiger partial charge in [0.1, 0.15) is 0 Å². The maximum Gasteiger partial charge on any atom is 0.280 e. The number of amides is 1. The monoisotopic (exact) mass is 397 g/mol. The highest BCUT2D eigenvalue weighted by molar-refractivity contribution is 5.94. The Morgan fingerprint density at radius 2 is 2.03 bits per heavy atom. The summed E-state index contributed by atoms with van der Waals surface area (Å²) in [5, 5.41) is 5.78. The van der Waals surface area contributed by atoms with Gasteiger partial charge in [-0.3, -0.25) is 14.7 Å². The van der Waals surface area contributed by atoms with Crippen LogP contribution in [0.3, 0.4) is 0 Å². The third-order valence-corrected chi connectivity index (χ3v) is 4.22. The Balaban J connectivity index is 1.83. The van der Waals surface area contributed by atoms with E-state index in [0.717, 1.165) is 0 Å². The molecule has 0 atom stereocenters. The summed E-state index contributed by atoms with van der Waals surface area (Å²) < 4.78 is 11.5. The molecule has 0 fully saturated rings. The first-order valence-corrected chi connectivity index (χ1v) is 8.93. The molecule has 0 aliphatic carbocycles. The van der Waals surface area contributed by atoms with Gasteiger partial charge in [0.2, 0.25) is 5.88 Å². The smallest absolute Gasteiger partial charge is 0.280 e. The number of nitrogens with zero attached hydrogens (tertiary/aromatic N) is 3. The van der Waals surface area contributed by atoms with Crippen molar-refractivity contribution in [3.63, 3.8) is 0 Å². The quantitative estimate of drug-likeness (QED) is 0.629. The summed E-state index contributed by atoms with van der Waals surface area (Å²) in [6.45, 7) is 4.11. The highest BCUT2D eigenvalue weighted by Crippen LogP contribution is 2.19. The van der Waals surface area contributed by atoms with E-state index in [0.29, 0.717) is 35.0 Å². The summed E-state index contributed by atoms with van der Waals surface area (Å²) in [5.41, 5.74) is 0.728. The average molecular weight is 397 g/mol. The first-order valence-electron chi connectivity index (χ1n) is 8.93. The fourth-order valence-electron chi connectivity index (χ4n) is 2.86. The van der Waals surface area contributed by atoms with Crippen molar-refractivity contribution in [3.05, 3.63) is 58.8 Å². The van der Waals surface area contributed by atoms with Gasteiger partial charge in [0.15, 0.2) is 5.82 Å². The predicted octanol–water partition coefficient (Wildman–Crippen LogP) is 1.79. The van der Waals surface area contributed by atoms with Crippen LogP contribution in [0.4, 0.5) is 0 Å². The molecule has 3 rings (SSSR count). The van der Waals surface area contributed by atoms with Crippen LogP contribution in [-0.2, 0) is 4.74 Å². The highest BCUT2D eigenvalue weighted by Gasteiger charge is 2.21. The van der Waals surface area contributed by atoms with Gasteiger partial charge in [-0.1, -0.05) is 0 Å². The Bertz CT molecular complexity index is 1050. The number of H-pyrrole nitrogens is 1. The van der Waals surface area contributed by atoms with Crippen molar-refractivity contribution in [2.45, 2.75) is 19.4 Å². The van der Waals surface area contributed by atoms with Gasteiger partial charge in [-0.05, 0) is 37.6 Å². The van der Waals surface area contributed by atoms with Gasteiger partial charge in [0.05, 0.1) is 30.4 Å². The van der Waals surface area contributed by atoms with Crippen LogP contribution in [0.25, 0.3) is 16.9 Å². The molecule has 1 amide bonds. The molecule has 9 heteroatoms. The van der Waals surface area contributed by atoms with Crippen molar-refractivity contribution in [2.75, 3.05) is 20.8 Å². The van der Waals surface area contributed by atoms with Crippen molar-refractivity contribution < 1.29 is 14.3 Å². The van der Waals surface area contributed by atoms with Gasteiger partial charge in [-0.25, -0.2) is 14.6 Å². The molecule has 0 radical (unpaired) electrons. The summed E-state index contributed by atoms with van der Waals surface area (Å²) in [5.74, 6) is 0.518. The number of aromatic amines is 1. The van der Waals surface area contributed by atoms with Crippen molar-refractivity contribution in [2.24, 2.45) is 0 Å². The fraction of sp³-hybridized carbons (Fsp3) is 0.300. The average Bonchev–Trinajstić information content (AvgIpc) is 3.09. The Morgan fingerprint density at radius 3 is 2.69 bits per heavy atom. The molecule has 29 heavy (non-hydrogen) atoms. The largest absolute Gasteiger partial charge is 0.481 e. The molecule has 0 saturated carbocycles. The van der Waals surface area contributed by atoms with Gasteiger partial charge in [0, 0.05) is 31.8 Å². The van der Waals surface area contributed by atoms with Crippen molar-refractivity contribution >= 4 is 5.91 Å². The van der Waals surface area contributed by atoms with Gasteiger partial charge in [-0.2, -0.15) is 0 Å². The minimum Gasteiger partial charge on any atom is -0.481 e. The molecule has 9 nitrogen and oxygen atoms in total. The summed E-state index contributed by atoms with van der Waals surface area (Å²) >= 11 is 0. The zero-order valence-electron chi connectivity index (χ0n) is 16.7. The SMILES string of the molecule is COCC(C)(C)NC(=O)c1ccc(-n2[nH]cc(-c3ccnc(OC)c3)c2=O)nc1. The number of rotatable bonds is 7. The van der Waals surface area contributed by atoms with E-state index in [2.05, 4.69) is 20.4 Å². The first-order chi connectivity index (χ1) is 13.8. The molecule has 0 aliphatic heterocycles. The molecule has 0 saturated heterocycles. The zero-order valence-corrected chi connectivity index (χ0v) is 16.7. The third-order valence-electron chi connectivity index (χ3n) is 4.22. The number of aromatic nitrogens is 4. The van der Waals surface area contributed by atoms with E-state index in [9.17, 15) is 9.59 Å². The van der Waals surface area contributed by atoms with Crippen LogP contribution in [0.1, 0.15) is 24.2 Å². The number of hydrogen-bond acceptors (Lipinski definition) is 6. The van der Waals surface area contributed by atoms with Crippen molar-refractivity contribution in [1.29, 1.82) is 0 Å². The standard InChI is InChI=1S/C20H23N5O4/c1-20(2,12-28-3)24-18(26)14-5-6-16(22-10-14)25-19(27)15(11-23-25)13-7-8-21-17(9-13)29-4/h5-11,23H,12H2,1-4H3,(H,24,26). The molecule has 3 aromatic rings. The Morgan fingerprint density at radius 1 is 1.24 bits per heavy atom. The van der Waals surface area contributed by atoms with Crippen LogP contribution in [0.2, 0.25) is 0 Å². The van der Waals surface area contributed by atoms with Crippen LogP contribution >= 0.6 is 0 Å². The van der Waals surface area contributed by atoms with E-state index in [4.69, 9.17) is 9.47 Å². The minimum atomic E-state index is -0.513. The van der Waals surface area contributed by atoms with Gasteiger partial charge < -0.3 is 14.8 Å². The van der Waals surface area contributed by atoms with E-state index >= 15 is 0 Å². The van der Waals surface area contributed by atoms with Crippen LogP contribution in [0.5, 0.6) is 5.88 Å². The summed E-state index contributed by atoms with van der Waals surface area (Å²) in [6, 6.07) is 6.62. The predicted molar refractivity (Wildman–Crippen MR) is 107 cm³/mol. The normalized spacial score (nSPS) is 11.3. The van der Waals surface area contributed by atoms with Crippen LogP contribution < -0.4 is 15.6 Å². The number of ether oxygens (including phenoxy) is 2. The van der Waals surface area contributed by atoms with E-state index in [1.54, 1.807) is 43.8 Å². The van der Waals surface area contributed by atoms with E-state index in [1.165, 1.54) is 18.0 Å². The van der Waals surface area contributed by atoms with Crippen LogP contribution in [0, 0.1) is 0 Å². The number of nitrogens with one attached hydrogen (secondary N) is 2. The number of hydrogen-bond donors (Lipinski definition) is 2. The lowest BCUT2D eigenvalue weighted by Crippen LogP contribution is -2.46. The number of methoxy groups -OCH3 is 2. The molecule has 0 unspecified atom stereocenters. The number of carbonyl (C=O) groups excluding carboxylic acids is 1. The molecule has 0 aliphatic rings. The van der Waals surface area contributed by atoms with Gasteiger partial charge in [-0.15, -0.1) is 0 Å². The molecule has 0 bridgehead atoms. The van der Waals surface area contributed by atoms with E-state index in [-0.39, 0.29) is 11.5 Å². The van der Waals surface area contributed by atoms with Crippen molar-refractivity contribution in [3.8, 4) is 22.8 Å². The second kappa shape index (κ2) is 8.27. The van der Waals surface area contributed by atoms with E-state index < -0.39 is 5.54 Å². The molecule has 152 valence electrons. The molecule has 3 heterocycles. The van der Waals surface area contributed by atoms with Gasteiger partial charge in [0.25, 0.3) is 11.5 Å². The number of carbonyl (C=O) groups is 1. The summed E-state index contributed by atoms with van der Waals surface area (Å²) in [6.07, 6.45) is 4.59. The third kappa shape index (κ3) is 4.52. The Kier molecular flexibility index (Phi) is 5.79. The van der Waals surface area contributed by atoms with E-state index in [1.807, 2.05) is 13.8 Å². The lowest BCUT2D eigenvalue weighted by molar-refractivity contribution is 0.0819. The Labute approximate surface area is 167 Å². The van der Waals surface area contributed by atoms with Gasteiger partial charge >= 0.3 is 0 Å². The number of pyridine rings is 2. The highest BCUT2D eigenvalue weighted by atomic mass is 16.5. The zero-order chi connectivity index (χ0) is 21.0. The molecular formula is C20H23N5O4. The van der Waals surface area contributed by atoms with Crippen LogP contribution in [-0.4, -0.2) is 52.0 Å². The minimum absolute atomic E-state index is 0.269. The fourth-order valence-corrected chi connectivity index (χ4v) is 2.86. The summed E-state index contributed by atoms with van der Waals surface area (Å²) in [4.78, 5) is 33.5. The first kappa shape index (κ1) is 20.3. The lowest BCUT2D eigenvalue weighted by Gasteiger charge is -2.25. The Hall–Kier alpha value is -3.46. The molecule has 0 spiro atoms. The molecule has 0 aromatic carbocycles. The maximum absolute atomic E-state index is 12.8. The van der Waals surface area contributed by atoms with Crippen LogP contribution in [0.15, 0.2) is 47.7 Å². The topological polar surface area (TPSA) is 111 Å².